The van der Waals surface area contributed by atoms with Gasteiger partial charge in [0.1, 0.15) is 31.0 Å². The average Bonchev–Trinajstić information content (AvgIpc) is 3.18. The molecule has 0 bridgehead atoms. The number of unbranched alkanes of at least 4 members (excludes halogenated alkanes) is 23. The van der Waals surface area contributed by atoms with E-state index in [0.29, 0.717) is 12.8 Å². The van der Waals surface area contributed by atoms with E-state index in [1.807, 2.05) is 0 Å². The fourth-order valence-electron chi connectivity index (χ4n) is 6.79. The molecule has 0 amide bonds. The number of esters is 2. The number of aliphatic hydroxyl groups excluding tert-OH is 3. The minimum absolute atomic E-state index is 0. The van der Waals surface area contributed by atoms with Crippen LogP contribution in [0.4, 0.5) is 0 Å². The molecule has 0 aliphatic carbocycles. The van der Waals surface area contributed by atoms with Crippen molar-refractivity contribution in [1.82, 2.24) is 0 Å². The maximum absolute atomic E-state index is 12.8. The van der Waals surface area contributed by atoms with Crippen molar-refractivity contribution >= 4 is 22.3 Å². The molecule has 336 valence electrons. The van der Waals surface area contributed by atoms with E-state index < -0.39 is 72.4 Å². The number of ether oxygens (including phenoxy) is 4. The first-order valence-electron chi connectivity index (χ1n) is 22.4. The molecule has 0 radical (unpaired) electrons. The van der Waals surface area contributed by atoms with Gasteiger partial charge in [0, 0.05) is 12.8 Å². The Bertz CT molecular complexity index is 1130. The topological polar surface area (TPSA) is 198 Å². The van der Waals surface area contributed by atoms with Gasteiger partial charge >= 0.3 is 41.5 Å². The van der Waals surface area contributed by atoms with Crippen LogP contribution in [0.2, 0.25) is 0 Å². The Morgan fingerprint density at radius 3 is 1.52 bits per heavy atom. The van der Waals surface area contributed by atoms with Crippen molar-refractivity contribution in [3.63, 3.8) is 0 Å². The molecule has 1 aliphatic rings. The predicted octanol–water partition coefficient (Wildman–Crippen LogP) is 5.27. The number of hydrogen-bond acceptors (Lipinski definition) is 13. The molecule has 1 aliphatic heterocycles. The zero-order chi connectivity index (χ0) is 42.0. The standard InChI is InChI=1S/C43H80O13S.Na/c1-3-5-7-9-11-13-15-17-18-20-21-23-25-27-29-31-38(44)52-33-36(34-53-43-42(48)41(47)40(46)37(56-43)35-54-57(49,50)51)55-39(45)32-30-28-26-24-22-19-16-14-12-10-8-6-4-2;/h17-18,36-37,40-43,46-48H,3-16,19-35H2,1-2H3,(H,49,50,51);/q;+1/p-1/b18-17-;/t36-,37-,40-,41+,42-,43+;/m1./s1. The smallest absolute Gasteiger partial charge is 0.726 e. The maximum atomic E-state index is 12.8. The van der Waals surface area contributed by atoms with Crippen molar-refractivity contribution in [3.05, 3.63) is 12.2 Å². The first-order valence-corrected chi connectivity index (χ1v) is 23.7. The van der Waals surface area contributed by atoms with E-state index in [1.165, 1.54) is 96.3 Å². The second-order valence-electron chi connectivity index (χ2n) is 15.7. The average molecular weight is 859 g/mol. The van der Waals surface area contributed by atoms with E-state index >= 15 is 0 Å². The van der Waals surface area contributed by atoms with Gasteiger partial charge in [0.25, 0.3) is 0 Å². The maximum Gasteiger partial charge on any atom is 1.00 e. The molecule has 0 aromatic heterocycles. The summed E-state index contributed by atoms with van der Waals surface area (Å²) in [6.07, 6.45) is 25.4. The zero-order valence-electron chi connectivity index (χ0n) is 36.4. The molecule has 1 fully saturated rings. The van der Waals surface area contributed by atoms with Gasteiger partial charge in [-0.05, 0) is 38.5 Å². The molecular weight excluding hydrogens is 780 g/mol. The third-order valence-corrected chi connectivity index (χ3v) is 10.8. The van der Waals surface area contributed by atoms with Crippen LogP contribution in [0.5, 0.6) is 0 Å². The minimum Gasteiger partial charge on any atom is -0.726 e. The summed E-state index contributed by atoms with van der Waals surface area (Å²) in [4.78, 5) is 25.4. The normalized spacial score (nSPS) is 20.2. The Balaban J connectivity index is 0.0000325. The Labute approximate surface area is 373 Å². The van der Waals surface area contributed by atoms with Gasteiger partial charge in [-0.15, -0.1) is 0 Å². The molecule has 13 nitrogen and oxygen atoms in total. The Morgan fingerprint density at radius 1 is 0.621 bits per heavy atom. The van der Waals surface area contributed by atoms with Gasteiger partial charge in [0.05, 0.1) is 13.2 Å². The number of carbonyl (C=O) groups is 2. The van der Waals surface area contributed by atoms with Gasteiger partial charge in [-0.2, -0.15) is 0 Å². The van der Waals surface area contributed by atoms with Crippen LogP contribution in [-0.4, -0.2) is 96.9 Å². The SMILES string of the molecule is CCCCCCCC/C=C\CCCCCCCC(=O)OC[C@H](CO[C@H]1O[C@H](COS(=O)(=O)[O-])[C@@H](O)[C@H](O)[C@H]1O)OC(=O)CCCCCCCCCCCCCCC.[Na+]. The van der Waals surface area contributed by atoms with Crippen LogP contribution in [-0.2, 0) is 43.1 Å². The van der Waals surface area contributed by atoms with E-state index in [4.69, 9.17) is 18.9 Å². The summed E-state index contributed by atoms with van der Waals surface area (Å²) in [5, 5.41) is 30.9. The fraction of sp³-hybridized carbons (Fsp3) is 0.907. The van der Waals surface area contributed by atoms with E-state index in [1.54, 1.807) is 0 Å². The molecule has 3 N–H and O–H groups in total. The fourth-order valence-corrected chi connectivity index (χ4v) is 7.09. The van der Waals surface area contributed by atoms with Crippen LogP contribution >= 0.6 is 0 Å². The molecular formula is C43H79NaO13S. The molecule has 58 heavy (non-hydrogen) atoms. The number of rotatable bonds is 38. The summed E-state index contributed by atoms with van der Waals surface area (Å²) in [6.45, 7) is 2.80. The van der Waals surface area contributed by atoms with E-state index in [2.05, 4.69) is 30.2 Å². The second-order valence-corrected chi connectivity index (χ2v) is 16.7. The predicted molar refractivity (Wildman–Crippen MR) is 219 cm³/mol. The summed E-state index contributed by atoms with van der Waals surface area (Å²) in [7, 11) is -5.13. The van der Waals surface area contributed by atoms with Gasteiger partial charge in [-0.1, -0.05) is 154 Å². The Kier molecular flexibility index (Phi) is 37.6. The first kappa shape index (κ1) is 57.3. The number of aliphatic hydroxyl groups is 3. The minimum atomic E-state index is -5.13. The zero-order valence-corrected chi connectivity index (χ0v) is 39.2. The van der Waals surface area contributed by atoms with Gasteiger partial charge < -0.3 is 38.8 Å². The van der Waals surface area contributed by atoms with E-state index in [-0.39, 0.29) is 49.0 Å². The van der Waals surface area contributed by atoms with Crippen LogP contribution in [0.15, 0.2) is 12.2 Å². The van der Waals surface area contributed by atoms with Crippen molar-refractivity contribution in [2.24, 2.45) is 0 Å². The van der Waals surface area contributed by atoms with Crippen LogP contribution in [0.25, 0.3) is 0 Å². The van der Waals surface area contributed by atoms with E-state index in [9.17, 15) is 37.9 Å². The first-order chi connectivity index (χ1) is 27.5. The van der Waals surface area contributed by atoms with Crippen molar-refractivity contribution in [2.75, 3.05) is 19.8 Å². The molecule has 0 saturated carbocycles. The van der Waals surface area contributed by atoms with Crippen LogP contribution in [0.3, 0.4) is 0 Å². The second kappa shape index (κ2) is 38.1. The Hall–Kier alpha value is -0.650. The molecule has 0 aromatic rings. The van der Waals surface area contributed by atoms with Crippen LogP contribution < -0.4 is 29.6 Å². The molecule has 6 atom stereocenters. The van der Waals surface area contributed by atoms with Crippen LogP contribution in [0, 0.1) is 0 Å². The molecule has 1 heterocycles. The van der Waals surface area contributed by atoms with Crippen LogP contribution in [0.1, 0.15) is 194 Å². The number of hydrogen-bond donors (Lipinski definition) is 3. The summed E-state index contributed by atoms with van der Waals surface area (Å²) < 4.78 is 58.9. The largest absolute Gasteiger partial charge is 1.00 e. The van der Waals surface area contributed by atoms with Gasteiger partial charge in [0.15, 0.2) is 12.4 Å². The quantitative estimate of drug-likeness (QED) is 0.0182. The summed E-state index contributed by atoms with van der Waals surface area (Å²) in [6, 6.07) is 0. The van der Waals surface area contributed by atoms with Gasteiger partial charge in [-0.3, -0.25) is 13.8 Å². The van der Waals surface area contributed by atoms with Crippen molar-refractivity contribution in [2.45, 2.75) is 230 Å². The molecule has 0 unspecified atom stereocenters. The molecule has 0 spiro atoms. The third-order valence-electron chi connectivity index (χ3n) is 10.3. The Morgan fingerprint density at radius 2 is 1.05 bits per heavy atom. The van der Waals surface area contributed by atoms with Gasteiger partial charge in [-0.25, -0.2) is 8.42 Å². The third kappa shape index (κ3) is 32.1. The number of carbonyl (C=O) groups excluding carboxylic acids is 2. The van der Waals surface area contributed by atoms with Gasteiger partial charge in [0.2, 0.25) is 10.4 Å². The molecule has 1 rings (SSSR count). The van der Waals surface area contributed by atoms with Crippen molar-refractivity contribution in [1.29, 1.82) is 0 Å². The summed E-state index contributed by atoms with van der Waals surface area (Å²) in [5.41, 5.74) is 0. The summed E-state index contributed by atoms with van der Waals surface area (Å²) >= 11 is 0. The molecule has 1 saturated heterocycles. The van der Waals surface area contributed by atoms with E-state index in [0.717, 1.165) is 57.8 Å². The summed E-state index contributed by atoms with van der Waals surface area (Å²) in [5.74, 6) is -0.957. The van der Waals surface area contributed by atoms with Crippen molar-refractivity contribution < 1.29 is 90.6 Å². The molecule has 15 heteroatoms. The molecule has 0 aromatic carbocycles. The number of allylic oxidation sites excluding steroid dienone is 2. The monoisotopic (exact) mass is 859 g/mol. The van der Waals surface area contributed by atoms with Crippen molar-refractivity contribution in [3.8, 4) is 0 Å².